The van der Waals surface area contributed by atoms with Gasteiger partial charge in [-0.15, -0.1) is 0 Å². The normalized spacial score (nSPS) is 14.3. The number of carbonyl (C=O) groups is 1. The predicted octanol–water partition coefficient (Wildman–Crippen LogP) is 1.98. The molecule has 5 nitrogen and oxygen atoms in total. The van der Waals surface area contributed by atoms with Gasteiger partial charge in [0, 0.05) is 20.3 Å². The monoisotopic (exact) mass is 289 g/mol. The van der Waals surface area contributed by atoms with E-state index in [4.69, 9.17) is 19.9 Å². The van der Waals surface area contributed by atoms with Gasteiger partial charge in [0.2, 0.25) is 0 Å². The van der Waals surface area contributed by atoms with Crippen molar-refractivity contribution in [2.45, 2.75) is 40.0 Å². The highest BCUT2D eigenvalue weighted by atomic mass is 16.5. The van der Waals surface area contributed by atoms with E-state index in [1.807, 2.05) is 6.92 Å². The van der Waals surface area contributed by atoms with Crippen LogP contribution in [0.1, 0.15) is 40.0 Å². The van der Waals surface area contributed by atoms with Crippen LogP contribution in [0.25, 0.3) is 0 Å². The number of rotatable bonds is 12. The minimum atomic E-state index is -0.575. The number of hydrogen-bond donors (Lipinski definition) is 1. The molecule has 1 unspecified atom stereocenters. The van der Waals surface area contributed by atoms with E-state index < -0.39 is 5.41 Å². The minimum absolute atomic E-state index is 0.173. The number of nitrogens with two attached hydrogens (primary N) is 1. The molecule has 0 heterocycles. The van der Waals surface area contributed by atoms with Crippen molar-refractivity contribution in [3.05, 3.63) is 0 Å². The Morgan fingerprint density at radius 2 is 1.95 bits per heavy atom. The van der Waals surface area contributed by atoms with Crippen molar-refractivity contribution in [2.24, 2.45) is 17.1 Å². The number of esters is 1. The first-order valence-electron chi connectivity index (χ1n) is 7.46. The molecule has 0 saturated carbocycles. The lowest BCUT2D eigenvalue weighted by molar-refractivity contribution is -0.156. The number of ether oxygens (including phenoxy) is 3. The maximum absolute atomic E-state index is 12.2. The molecule has 20 heavy (non-hydrogen) atoms. The van der Waals surface area contributed by atoms with Crippen LogP contribution in [0, 0.1) is 11.3 Å². The highest BCUT2D eigenvalue weighted by Crippen LogP contribution is 2.32. The molecular weight excluding hydrogens is 258 g/mol. The molecule has 1 atom stereocenters. The summed E-state index contributed by atoms with van der Waals surface area (Å²) in [5.41, 5.74) is 5.31. The average molecular weight is 289 g/mol. The van der Waals surface area contributed by atoms with Gasteiger partial charge in [-0.25, -0.2) is 0 Å². The van der Waals surface area contributed by atoms with Gasteiger partial charge in [0.1, 0.15) is 0 Å². The van der Waals surface area contributed by atoms with E-state index >= 15 is 0 Å². The molecular formula is C15H31NO4. The third-order valence-corrected chi connectivity index (χ3v) is 3.27. The Morgan fingerprint density at radius 3 is 2.45 bits per heavy atom. The summed E-state index contributed by atoms with van der Waals surface area (Å²) in [4.78, 5) is 12.2. The predicted molar refractivity (Wildman–Crippen MR) is 79.5 cm³/mol. The Kier molecular flexibility index (Phi) is 10.7. The standard InChI is InChI=1S/C15H31NO4/c1-5-20-14(17)15(12-16,11-13(2)3)7-6-8-19-10-9-18-4/h13H,5-12,16H2,1-4H3. The first-order chi connectivity index (χ1) is 9.52. The van der Waals surface area contributed by atoms with E-state index in [-0.39, 0.29) is 5.97 Å². The van der Waals surface area contributed by atoms with Crippen LogP contribution in [-0.4, -0.2) is 46.1 Å². The van der Waals surface area contributed by atoms with Gasteiger partial charge in [-0.3, -0.25) is 4.79 Å². The smallest absolute Gasteiger partial charge is 0.313 e. The van der Waals surface area contributed by atoms with Gasteiger partial charge in [0.15, 0.2) is 0 Å². The van der Waals surface area contributed by atoms with Crippen molar-refractivity contribution < 1.29 is 19.0 Å². The SMILES string of the molecule is CCOC(=O)C(CN)(CCCOCCOC)CC(C)C. The molecule has 120 valence electrons. The summed E-state index contributed by atoms with van der Waals surface area (Å²) in [6.45, 7) is 8.51. The van der Waals surface area contributed by atoms with E-state index in [2.05, 4.69) is 13.8 Å². The number of hydrogen-bond acceptors (Lipinski definition) is 5. The van der Waals surface area contributed by atoms with Crippen molar-refractivity contribution in [1.29, 1.82) is 0 Å². The molecule has 0 spiro atoms. The van der Waals surface area contributed by atoms with Crippen molar-refractivity contribution in [3.63, 3.8) is 0 Å². The maximum atomic E-state index is 12.2. The molecule has 2 N–H and O–H groups in total. The summed E-state index contributed by atoms with van der Waals surface area (Å²) >= 11 is 0. The number of methoxy groups -OCH3 is 1. The van der Waals surface area contributed by atoms with Crippen molar-refractivity contribution in [3.8, 4) is 0 Å². The fourth-order valence-electron chi connectivity index (χ4n) is 2.38. The molecule has 0 aliphatic rings. The summed E-state index contributed by atoms with van der Waals surface area (Å²) in [6.07, 6.45) is 2.25. The zero-order chi connectivity index (χ0) is 15.4. The molecule has 0 radical (unpaired) electrons. The second-order valence-electron chi connectivity index (χ2n) is 5.51. The van der Waals surface area contributed by atoms with Crippen LogP contribution >= 0.6 is 0 Å². The largest absolute Gasteiger partial charge is 0.466 e. The fraction of sp³-hybridized carbons (Fsp3) is 0.933. The molecule has 0 aliphatic carbocycles. The summed E-state index contributed by atoms with van der Waals surface area (Å²) in [5.74, 6) is 0.227. The lowest BCUT2D eigenvalue weighted by atomic mass is 9.76. The topological polar surface area (TPSA) is 70.8 Å². The van der Waals surface area contributed by atoms with Crippen molar-refractivity contribution in [1.82, 2.24) is 0 Å². The van der Waals surface area contributed by atoms with Crippen LogP contribution in [-0.2, 0) is 19.0 Å². The van der Waals surface area contributed by atoms with E-state index in [9.17, 15) is 4.79 Å². The second-order valence-corrected chi connectivity index (χ2v) is 5.51. The molecule has 0 bridgehead atoms. The second kappa shape index (κ2) is 11.1. The summed E-state index contributed by atoms with van der Waals surface area (Å²) in [6, 6.07) is 0. The van der Waals surface area contributed by atoms with Crippen molar-refractivity contribution in [2.75, 3.05) is 40.1 Å². The van der Waals surface area contributed by atoms with Crippen LogP contribution in [0.2, 0.25) is 0 Å². The van der Waals surface area contributed by atoms with E-state index in [1.165, 1.54) is 0 Å². The van der Waals surface area contributed by atoms with Gasteiger partial charge in [0.05, 0.1) is 25.2 Å². The Balaban J connectivity index is 4.40. The van der Waals surface area contributed by atoms with Gasteiger partial charge < -0.3 is 19.9 Å². The maximum Gasteiger partial charge on any atom is 0.313 e. The van der Waals surface area contributed by atoms with Crippen LogP contribution in [0.15, 0.2) is 0 Å². The molecule has 0 amide bonds. The van der Waals surface area contributed by atoms with E-state index in [0.29, 0.717) is 45.3 Å². The highest BCUT2D eigenvalue weighted by molar-refractivity contribution is 5.77. The van der Waals surface area contributed by atoms with Crippen molar-refractivity contribution >= 4 is 5.97 Å². The van der Waals surface area contributed by atoms with Crippen LogP contribution in [0.4, 0.5) is 0 Å². The number of carbonyl (C=O) groups excluding carboxylic acids is 1. The lowest BCUT2D eigenvalue weighted by Gasteiger charge is -2.31. The third-order valence-electron chi connectivity index (χ3n) is 3.27. The minimum Gasteiger partial charge on any atom is -0.466 e. The average Bonchev–Trinajstić information content (AvgIpc) is 2.41. The molecule has 0 aromatic rings. The summed E-state index contributed by atoms with van der Waals surface area (Å²) in [7, 11) is 1.65. The molecule has 0 aromatic heterocycles. The molecule has 0 rings (SSSR count). The Bertz CT molecular complexity index is 258. The Morgan fingerprint density at radius 1 is 1.25 bits per heavy atom. The van der Waals surface area contributed by atoms with Crippen LogP contribution < -0.4 is 5.73 Å². The molecule has 5 heteroatoms. The first-order valence-corrected chi connectivity index (χ1v) is 7.46. The van der Waals surface area contributed by atoms with Gasteiger partial charge in [0.25, 0.3) is 0 Å². The Hall–Kier alpha value is -0.650. The quantitative estimate of drug-likeness (QED) is 0.439. The van der Waals surface area contributed by atoms with Gasteiger partial charge in [-0.2, -0.15) is 0 Å². The third kappa shape index (κ3) is 7.22. The van der Waals surface area contributed by atoms with Gasteiger partial charge in [-0.05, 0) is 32.1 Å². The van der Waals surface area contributed by atoms with Gasteiger partial charge in [-0.1, -0.05) is 13.8 Å². The fourth-order valence-corrected chi connectivity index (χ4v) is 2.38. The molecule has 0 aromatic carbocycles. The summed E-state index contributed by atoms with van der Waals surface area (Å²) in [5, 5.41) is 0. The van der Waals surface area contributed by atoms with Crippen LogP contribution in [0.3, 0.4) is 0 Å². The zero-order valence-electron chi connectivity index (χ0n) is 13.4. The summed E-state index contributed by atoms with van der Waals surface area (Å²) < 4.78 is 15.6. The van der Waals surface area contributed by atoms with Gasteiger partial charge >= 0.3 is 5.97 Å². The van der Waals surface area contributed by atoms with Crippen LogP contribution in [0.5, 0.6) is 0 Å². The molecule has 0 fully saturated rings. The molecule has 0 aliphatic heterocycles. The van der Waals surface area contributed by atoms with E-state index in [0.717, 1.165) is 12.8 Å². The zero-order valence-corrected chi connectivity index (χ0v) is 13.4. The first kappa shape index (κ1) is 19.4. The Labute approximate surface area is 123 Å². The van der Waals surface area contributed by atoms with E-state index in [1.54, 1.807) is 7.11 Å². The lowest BCUT2D eigenvalue weighted by Crippen LogP contribution is -2.41. The molecule has 0 saturated heterocycles. The highest BCUT2D eigenvalue weighted by Gasteiger charge is 2.38.